The molecule has 1 atom stereocenters. The lowest BCUT2D eigenvalue weighted by Crippen LogP contribution is -2.35. The molecule has 0 spiro atoms. The largest absolute Gasteiger partial charge is 0.311 e. The molecule has 0 radical (unpaired) electrons. The molecule has 1 aromatic heterocycles. The summed E-state index contributed by atoms with van der Waals surface area (Å²) in [5.74, 6) is 0.0646. The number of amides is 1. The summed E-state index contributed by atoms with van der Waals surface area (Å²) in [7, 11) is 0. The number of carbonyl (C=O) groups is 1. The minimum absolute atomic E-state index is 0.0646. The van der Waals surface area contributed by atoms with Crippen molar-refractivity contribution < 1.29 is 4.79 Å². The Kier molecular flexibility index (Phi) is 4.59. The van der Waals surface area contributed by atoms with E-state index >= 15 is 0 Å². The monoisotopic (exact) mass is 337 g/mol. The van der Waals surface area contributed by atoms with Crippen molar-refractivity contribution in [2.75, 3.05) is 11.4 Å². The quantitative estimate of drug-likeness (QED) is 0.802. The Bertz CT molecular complexity index is 841. The lowest BCUT2D eigenvalue weighted by molar-refractivity contribution is -0.117. The van der Waals surface area contributed by atoms with Gasteiger partial charge in [-0.25, -0.2) is 4.98 Å². The molecule has 0 bridgehead atoms. The van der Waals surface area contributed by atoms with Crippen molar-refractivity contribution in [1.82, 2.24) is 4.98 Å². The van der Waals surface area contributed by atoms with Crippen molar-refractivity contribution in [2.45, 2.75) is 37.5 Å². The van der Waals surface area contributed by atoms with Crippen LogP contribution >= 0.6 is 11.8 Å². The number of fused-ring (bicyclic) bond motifs is 1. The average Bonchev–Trinajstić information content (AvgIpc) is 2.97. The summed E-state index contributed by atoms with van der Waals surface area (Å²) in [6.45, 7) is 6.41. The van der Waals surface area contributed by atoms with Gasteiger partial charge in [0.1, 0.15) is 11.1 Å². The molecular weight excluding hydrogens is 318 g/mol. The topological polar surface area (TPSA) is 57.0 Å². The minimum atomic E-state index is -0.294. The Balaban J connectivity index is 1.83. The number of hydrogen-bond donors (Lipinski definition) is 0. The summed E-state index contributed by atoms with van der Waals surface area (Å²) < 4.78 is 0. The van der Waals surface area contributed by atoms with Gasteiger partial charge in [0.15, 0.2) is 0 Å². The van der Waals surface area contributed by atoms with Crippen molar-refractivity contribution in [3.63, 3.8) is 0 Å². The molecule has 122 valence electrons. The van der Waals surface area contributed by atoms with Gasteiger partial charge in [-0.2, -0.15) is 5.26 Å². The maximum absolute atomic E-state index is 12.9. The Labute approximate surface area is 146 Å². The van der Waals surface area contributed by atoms with Crippen LogP contribution in [0.15, 0.2) is 35.4 Å². The molecule has 1 aromatic carbocycles. The highest BCUT2D eigenvalue weighted by atomic mass is 32.2. The van der Waals surface area contributed by atoms with Crippen LogP contribution < -0.4 is 4.90 Å². The van der Waals surface area contributed by atoms with Crippen LogP contribution in [0.5, 0.6) is 0 Å². The second kappa shape index (κ2) is 6.66. The molecule has 0 saturated heterocycles. The van der Waals surface area contributed by atoms with Gasteiger partial charge in [-0.3, -0.25) is 4.79 Å². The third-order valence-electron chi connectivity index (χ3n) is 4.21. The molecule has 1 aliphatic rings. The SMILES string of the molecule is Cc1cc(C)c(C#N)c(SC(C)C(=O)N2CCc3ccccc32)n1. The third kappa shape index (κ3) is 3.02. The number of hydrogen-bond acceptors (Lipinski definition) is 4. The van der Waals surface area contributed by atoms with Gasteiger partial charge in [0.05, 0.1) is 10.8 Å². The van der Waals surface area contributed by atoms with E-state index in [1.807, 2.05) is 49.9 Å². The van der Waals surface area contributed by atoms with Crippen molar-refractivity contribution in [3.8, 4) is 6.07 Å². The second-order valence-corrected chi connectivity index (χ2v) is 7.33. The van der Waals surface area contributed by atoms with Crippen molar-refractivity contribution in [2.24, 2.45) is 0 Å². The predicted molar refractivity (Wildman–Crippen MR) is 96.2 cm³/mol. The lowest BCUT2D eigenvalue weighted by Gasteiger charge is -2.21. The van der Waals surface area contributed by atoms with E-state index in [1.165, 1.54) is 17.3 Å². The first-order valence-electron chi connectivity index (χ1n) is 7.95. The van der Waals surface area contributed by atoms with Crippen LogP contribution in [0.25, 0.3) is 0 Å². The Hall–Kier alpha value is -2.32. The van der Waals surface area contributed by atoms with E-state index in [1.54, 1.807) is 0 Å². The molecule has 4 nitrogen and oxygen atoms in total. The summed E-state index contributed by atoms with van der Waals surface area (Å²) in [4.78, 5) is 19.2. The summed E-state index contributed by atoms with van der Waals surface area (Å²) in [6.07, 6.45) is 0.893. The van der Waals surface area contributed by atoms with Crippen molar-refractivity contribution in [3.05, 3.63) is 52.7 Å². The number of para-hydroxylation sites is 1. The molecule has 0 fully saturated rings. The Morgan fingerprint density at radius 2 is 2.12 bits per heavy atom. The molecule has 0 N–H and O–H groups in total. The van der Waals surface area contributed by atoms with Gasteiger partial charge in [-0.1, -0.05) is 30.0 Å². The van der Waals surface area contributed by atoms with Crippen LogP contribution in [0.1, 0.15) is 29.3 Å². The van der Waals surface area contributed by atoms with Crippen LogP contribution in [0.3, 0.4) is 0 Å². The van der Waals surface area contributed by atoms with Crippen molar-refractivity contribution >= 4 is 23.4 Å². The van der Waals surface area contributed by atoms with Crippen molar-refractivity contribution in [1.29, 1.82) is 5.26 Å². The van der Waals surface area contributed by atoms with Gasteiger partial charge >= 0.3 is 0 Å². The molecule has 5 heteroatoms. The number of nitriles is 1. The molecule has 2 aromatic rings. The van der Waals surface area contributed by atoms with E-state index in [0.29, 0.717) is 17.1 Å². The van der Waals surface area contributed by atoms with E-state index < -0.39 is 0 Å². The molecule has 3 rings (SSSR count). The van der Waals surface area contributed by atoms with Gasteiger partial charge < -0.3 is 4.90 Å². The summed E-state index contributed by atoms with van der Waals surface area (Å²) >= 11 is 1.37. The molecule has 1 amide bonds. The first kappa shape index (κ1) is 16.5. The highest BCUT2D eigenvalue weighted by molar-refractivity contribution is 8.00. The number of benzene rings is 1. The maximum atomic E-state index is 12.9. The van der Waals surface area contributed by atoms with E-state index in [0.717, 1.165) is 23.4 Å². The van der Waals surface area contributed by atoms with Gasteiger partial charge in [0.25, 0.3) is 0 Å². The van der Waals surface area contributed by atoms with Crippen LogP contribution in [-0.2, 0) is 11.2 Å². The molecule has 1 unspecified atom stereocenters. The lowest BCUT2D eigenvalue weighted by atomic mass is 10.1. The van der Waals surface area contributed by atoms with Gasteiger partial charge in [-0.15, -0.1) is 0 Å². The zero-order chi connectivity index (χ0) is 17.3. The molecule has 24 heavy (non-hydrogen) atoms. The standard InChI is InChI=1S/C19H19N3OS/c1-12-10-13(2)21-18(16(12)11-20)24-14(3)19(23)22-9-8-15-6-4-5-7-17(15)22/h4-7,10,14H,8-9H2,1-3H3. The Morgan fingerprint density at radius 3 is 2.88 bits per heavy atom. The number of aryl methyl sites for hydroxylation is 2. The van der Waals surface area contributed by atoms with Crippen LogP contribution in [0, 0.1) is 25.2 Å². The first-order chi connectivity index (χ1) is 11.5. The maximum Gasteiger partial charge on any atom is 0.240 e. The van der Waals surface area contributed by atoms with E-state index in [4.69, 9.17) is 0 Å². The molecular formula is C19H19N3OS. The van der Waals surface area contributed by atoms with E-state index in [9.17, 15) is 10.1 Å². The zero-order valence-electron chi connectivity index (χ0n) is 14.0. The fraction of sp³-hybridized carbons (Fsp3) is 0.316. The smallest absolute Gasteiger partial charge is 0.240 e. The van der Waals surface area contributed by atoms with Crippen LogP contribution in [-0.4, -0.2) is 22.7 Å². The van der Waals surface area contributed by atoms with Gasteiger partial charge in [0, 0.05) is 17.9 Å². The third-order valence-corrected chi connectivity index (χ3v) is 5.29. The Morgan fingerprint density at radius 1 is 1.38 bits per heavy atom. The number of carbonyl (C=O) groups excluding carboxylic acids is 1. The second-order valence-electron chi connectivity index (χ2n) is 6.00. The number of anilines is 1. The van der Waals surface area contributed by atoms with E-state index in [-0.39, 0.29) is 11.2 Å². The van der Waals surface area contributed by atoms with Crippen LogP contribution in [0.2, 0.25) is 0 Å². The fourth-order valence-electron chi connectivity index (χ4n) is 3.03. The predicted octanol–water partition coefficient (Wildman–Crippen LogP) is 3.64. The highest BCUT2D eigenvalue weighted by Gasteiger charge is 2.29. The normalized spacial score (nSPS) is 14.2. The molecule has 2 heterocycles. The number of thioether (sulfide) groups is 1. The summed E-state index contributed by atoms with van der Waals surface area (Å²) in [6, 6.07) is 12.1. The highest BCUT2D eigenvalue weighted by Crippen LogP contribution is 2.32. The fourth-order valence-corrected chi connectivity index (χ4v) is 4.11. The zero-order valence-corrected chi connectivity index (χ0v) is 14.9. The molecule has 0 saturated carbocycles. The number of rotatable bonds is 3. The molecule has 1 aliphatic heterocycles. The minimum Gasteiger partial charge on any atom is -0.311 e. The molecule has 0 aliphatic carbocycles. The summed E-state index contributed by atoms with van der Waals surface area (Å²) in [5, 5.41) is 9.73. The van der Waals surface area contributed by atoms with Gasteiger partial charge in [0.2, 0.25) is 5.91 Å². The number of aromatic nitrogens is 1. The van der Waals surface area contributed by atoms with Gasteiger partial charge in [-0.05, 0) is 50.5 Å². The first-order valence-corrected chi connectivity index (χ1v) is 8.83. The van der Waals surface area contributed by atoms with E-state index in [2.05, 4.69) is 17.1 Å². The average molecular weight is 337 g/mol. The van der Waals surface area contributed by atoms with Crippen LogP contribution in [0.4, 0.5) is 5.69 Å². The number of nitrogens with zero attached hydrogens (tertiary/aromatic N) is 3. The summed E-state index contributed by atoms with van der Waals surface area (Å²) in [5.41, 5.74) is 4.54. The number of pyridine rings is 1.